The van der Waals surface area contributed by atoms with E-state index in [1.165, 1.54) is 0 Å². The highest BCUT2D eigenvalue weighted by molar-refractivity contribution is 6.13. The van der Waals surface area contributed by atoms with Gasteiger partial charge in [-0.1, -0.05) is 26.0 Å². The molecule has 27 heavy (non-hydrogen) atoms. The molecule has 1 heterocycles. The minimum atomic E-state index is -0.341. The van der Waals surface area contributed by atoms with Crippen LogP contribution in [0.4, 0.5) is 11.4 Å². The highest BCUT2D eigenvalue weighted by atomic mass is 16.5. The number of nitrogens with one attached hydrogen (secondary N) is 1. The normalized spacial score (nSPS) is 16.0. The third-order valence-electron chi connectivity index (χ3n) is 4.96. The molecule has 1 amide bonds. The number of carbonyl (C=O) groups excluding carboxylic acids is 1. The third-order valence-corrected chi connectivity index (χ3v) is 4.96. The van der Waals surface area contributed by atoms with Crippen molar-refractivity contribution in [1.29, 1.82) is 0 Å². The summed E-state index contributed by atoms with van der Waals surface area (Å²) in [6, 6.07) is 13.6. The largest absolute Gasteiger partial charge is 0.492 e. The maximum Gasteiger partial charge on any atom is 0.237 e. The van der Waals surface area contributed by atoms with Gasteiger partial charge in [0.05, 0.1) is 5.69 Å². The first-order chi connectivity index (χ1) is 13.1. The third kappa shape index (κ3) is 4.55. The van der Waals surface area contributed by atoms with E-state index >= 15 is 0 Å². The Balaban J connectivity index is 1.61. The molecular formula is C22H27N3O2. The number of rotatable bonds is 8. The molecule has 5 nitrogen and oxygen atoms in total. The number of hydrogen-bond acceptors (Lipinski definition) is 4. The van der Waals surface area contributed by atoms with Crippen molar-refractivity contribution in [2.24, 2.45) is 4.99 Å². The van der Waals surface area contributed by atoms with Gasteiger partial charge in [-0.2, -0.15) is 0 Å². The fraction of sp³-hybridized carbons (Fsp3) is 0.364. The van der Waals surface area contributed by atoms with Crippen LogP contribution in [-0.4, -0.2) is 43.3 Å². The molecule has 0 aromatic heterocycles. The van der Waals surface area contributed by atoms with Gasteiger partial charge in [-0.15, -0.1) is 0 Å². The van der Waals surface area contributed by atoms with Crippen LogP contribution in [0.5, 0.6) is 5.75 Å². The summed E-state index contributed by atoms with van der Waals surface area (Å²) in [7, 11) is 0. The molecule has 1 aliphatic heterocycles. The number of aliphatic imine (C=N–C) groups is 1. The van der Waals surface area contributed by atoms with Gasteiger partial charge in [-0.25, -0.2) is 0 Å². The Kier molecular flexibility index (Phi) is 6.24. The van der Waals surface area contributed by atoms with E-state index in [4.69, 9.17) is 4.74 Å². The highest BCUT2D eigenvalue weighted by Crippen LogP contribution is 2.34. The lowest BCUT2D eigenvalue weighted by molar-refractivity contribution is -0.115. The van der Waals surface area contributed by atoms with Gasteiger partial charge in [0.25, 0.3) is 0 Å². The van der Waals surface area contributed by atoms with Crippen LogP contribution < -0.4 is 10.1 Å². The monoisotopic (exact) mass is 365 g/mol. The van der Waals surface area contributed by atoms with Crippen molar-refractivity contribution >= 4 is 23.5 Å². The standard InChI is InChI=1S/C22H27N3O2/c1-4-25(5-2)13-14-27-18-11-9-17(10-12-18)23-15-19-21-16(3)7-6-8-20(21)24-22(19)26/h6-12,15,19H,4-5,13-14H2,1-3H3,(H,24,26). The molecule has 0 radical (unpaired) electrons. The maximum atomic E-state index is 12.3. The van der Waals surface area contributed by atoms with Gasteiger partial charge in [0.15, 0.2) is 0 Å². The number of nitrogens with zero attached hydrogens (tertiary/aromatic N) is 2. The molecule has 1 N–H and O–H groups in total. The molecule has 142 valence electrons. The molecule has 0 saturated carbocycles. The average Bonchev–Trinajstić information content (AvgIpc) is 3.01. The van der Waals surface area contributed by atoms with Crippen molar-refractivity contribution in [2.75, 3.05) is 31.6 Å². The first kappa shape index (κ1) is 19.1. The number of ether oxygens (including phenoxy) is 1. The average molecular weight is 365 g/mol. The van der Waals surface area contributed by atoms with Crippen LogP contribution in [0.15, 0.2) is 47.5 Å². The molecule has 1 unspecified atom stereocenters. The number of hydrogen-bond donors (Lipinski definition) is 1. The molecule has 0 aliphatic carbocycles. The summed E-state index contributed by atoms with van der Waals surface area (Å²) >= 11 is 0. The van der Waals surface area contributed by atoms with Crippen LogP contribution in [0.2, 0.25) is 0 Å². The number of amides is 1. The molecule has 0 fully saturated rings. The number of anilines is 1. The predicted octanol–water partition coefficient (Wildman–Crippen LogP) is 4.15. The van der Waals surface area contributed by atoms with Crippen LogP contribution in [-0.2, 0) is 4.79 Å². The number of aryl methyl sites for hydroxylation is 1. The van der Waals surface area contributed by atoms with Gasteiger partial charge < -0.3 is 15.0 Å². The minimum absolute atomic E-state index is 0.0283. The smallest absolute Gasteiger partial charge is 0.237 e. The predicted molar refractivity (Wildman–Crippen MR) is 110 cm³/mol. The van der Waals surface area contributed by atoms with Gasteiger partial charge in [0, 0.05) is 18.4 Å². The van der Waals surface area contributed by atoms with E-state index in [-0.39, 0.29) is 11.8 Å². The van der Waals surface area contributed by atoms with E-state index in [0.29, 0.717) is 6.61 Å². The molecule has 2 aromatic rings. The van der Waals surface area contributed by atoms with E-state index in [0.717, 1.165) is 47.9 Å². The number of benzene rings is 2. The molecular weight excluding hydrogens is 338 g/mol. The van der Waals surface area contributed by atoms with Crippen molar-refractivity contribution in [1.82, 2.24) is 4.90 Å². The summed E-state index contributed by atoms with van der Waals surface area (Å²) < 4.78 is 5.79. The van der Waals surface area contributed by atoms with Crippen molar-refractivity contribution in [2.45, 2.75) is 26.7 Å². The van der Waals surface area contributed by atoms with Crippen LogP contribution in [0.1, 0.15) is 30.9 Å². The van der Waals surface area contributed by atoms with Crippen LogP contribution in [0, 0.1) is 6.92 Å². The van der Waals surface area contributed by atoms with Gasteiger partial charge in [0.2, 0.25) is 5.91 Å². The number of likely N-dealkylation sites (N-methyl/N-ethyl adjacent to an activating group) is 1. The van der Waals surface area contributed by atoms with E-state index in [1.807, 2.05) is 49.4 Å². The van der Waals surface area contributed by atoms with E-state index in [9.17, 15) is 4.79 Å². The fourth-order valence-electron chi connectivity index (χ4n) is 3.31. The van der Waals surface area contributed by atoms with Crippen LogP contribution >= 0.6 is 0 Å². The molecule has 0 saturated heterocycles. The van der Waals surface area contributed by atoms with E-state index < -0.39 is 0 Å². The first-order valence-corrected chi connectivity index (χ1v) is 9.52. The SMILES string of the molecule is CCN(CC)CCOc1ccc(N=CC2C(=O)Nc3cccc(C)c32)cc1. The van der Waals surface area contributed by atoms with Crippen molar-refractivity contribution < 1.29 is 9.53 Å². The van der Waals surface area contributed by atoms with Gasteiger partial charge in [0.1, 0.15) is 18.3 Å². The van der Waals surface area contributed by atoms with Crippen LogP contribution in [0.25, 0.3) is 0 Å². The minimum Gasteiger partial charge on any atom is -0.492 e. The zero-order valence-corrected chi connectivity index (χ0v) is 16.2. The van der Waals surface area contributed by atoms with Crippen molar-refractivity contribution in [3.63, 3.8) is 0 Å². The van der Waals surface area contributed by atoms with Crippen molar-refractivity contribution in [3.8, 4) is 5.75 Å². The quantitative estimate of drug-likeness (QED) is 0.715. The Hall–Kier alpha value is -2.66. The lowest BCUT2D eigenvalue weighted by atomic mass is 9.97. The first-order valence-electron chi connectivity index (χ1n) is 9.52. The molecule has 1 aliphatic rings. The van der Waals surface area contributed by atoms with Gasteiger partial charge in [-0.3, -0.25) is 9.79 Å². The summed E-state index contributed by atoms with van der Waals surface area (Å²) in [6.07, 6.45) is 1.73. The molecule has 0 spiro atoms. The molecule has 0 bridgehead atoms. The number of carbonyl (C=O) groups is 1. The Morgan fingerprint density at radius 2 is 1.89 bits per heavy atom. The fourth-order valence-corrected chi connectivity index (χ4v) is 3.31. The van der Waals surface area contributed by atoms with E-state index in [1.54, 1.807) is 6.21 Å². The zero-order valence-electron chi connectivity index (χ0n) is 16.2. The topological polar surface area (TPSA) is 53.9 Å². The summed E-state index contributed by atoms with van der Waals surface area (Å²) in [4.78, 5) is 19.1. The Labute approximate surface area is 161 Å². The second kappa shape index (κ2) is 8.82. The summed E-state index contributed by atoms with van der Waals surface area (Å²) in [6.45, 7) is 9.98. The molecule has 2 aromatic carbocycles. The van der Waals surface area contributed by atoms with Crippen molar-refractivity contribution in [3.05, 3.63) is 53.6 Å². The zero-order chi connectivity index (χ0) is 19.2. The van der Waals surface area contributed by atoms with E-state index in [2.05, 4.69) is 29.1 Å². The second-order valence-electron chi connectivity index (χ2n) is 6.65. The maximum absolute atomic E-state index is 12.3. The number of fused-ring (bicyclic) bond motifs is 1. The van der Waals surface area contributed by atoms with Gasteiger partial charge >= 0.3 is 0 Å². The molecule has 3 rings (SSSR count). The van der Waals surface area contributed by atoms with Gasteiger partial charge in [-0.05, 0) is 61.5 Å². The summed E-state index contributed by atoms with van der Waals surface area (Å²) in [5, 5.41) is 2.92. The molecule has 1 atom stereocenters. The Morgan fingerprint density at radius 3 is 2.59 bits per heavy atom. The Bertz CT molecular complexity index is 811. The lowest BCUT2D eigenvalue weighted by Gasteiger charge is -2.17. The summed E-state index contributed by atoms with van der Waals surface area (Å²) in [5.41, 5.74) is 3.80. The van der Waals surface area contributed by atoms with Crippen LogP contribution in [0.3, 0.4) is 0 Å². The second-order valence-corrected chi connectivity index (χ2v) is 6.65. The highest BCUT2D eigenvalue weighted by Gasteiger charge is 2.30. The Morgan fingerprint density at radius 1 is 1.15 bits per heavy atom. The lowest BCUT2D eigenvalue weighted by Crippen LogP contribution is -2.27. The summed E-state index contributed by atoms with van der Waals surface area (Å²) in [5.74, 6) is 0.464. The molecule has 5 heteroatoms.